The molecule has 1 aromatic carbocycles. The van der Waals surface area contributed by atoms with Gasteiger partial charge in [-0.2, -0.15) is 0 Å². The number of carboxylic acid groups (broad SMARTS) is 1. The SMILES string of the molecule is CC(C)S(=O)(=O)N[C@@H](C)c1ccc(C(=O)O)cc1. The number of carbonyl (C=O) groups is 1. The summed E-state index contributed by atoms with van der Waals surface area (Å²) < 4.78 is 25.9. The molecule has 0 saturated carbocycles. The van der Waals surface area contributed by atoms with Crippen LogP contribution in [0.4, 0.5) is 0 Å². The van der Waals surface area contributed by atoms with Crippen molar-refractivity contribution in [1.29, 1.82) is 0 Å². The molecule has 1 aromatic rings. The first-order valence-corrected chi connectivity index (χ1v) is 7.13. The van der Waals surface area contributed by atoms with E-state index in [2.05, 4.69) is 4.72 Å². The van der Waals surface area contributed by atoms with Gasteiger partial charge in [0.25, 0.3) is 0 Å². The third-order valence-corrected chi connectivity index (χ3v) is 4.54. The van der Waals surface area contributed by atoms with Crippen LogP contribution in [0, 0.1) is 0 Å². The maximum Gasteiger partial charge on any atom is 0.335 e. The predicted octanol–water partition coefficient (Wildman–Crippen LogP) is 1.77. The third kappa shape index (κ3) is 3.54. The van der Waals surface area contributed by atoms with Gasteiger partial charge in [0, 0.05) is 6.04 Å². The number of aromatic carboxylic acids is 1. The average molecular weight is 271 g/mol. The summed E-state index contributed by atoms with van der Waals surface area (Å²) in [5.41, 5.74) is 0.905. The third-order valence-electron chi connectivity index (χ3n) is 2.62. The summed E-state index contributed by atoms with van der Waals surface area (Å²) in [6.07, 6.45) is 0. The zero-order chi connectivity index (χ0) is 13.9. The van der Waals surface area contributed by atoms with Gasteiger partial charge in [0.1, 0.15) is 0 Å². The highest BCUT2D eigenvalue weighted by molar-refractivity contribution is 7.90. The quantitative estimate of drug-likeness (QED) is 0.855. The first-order valence-electron chi connectivity index (χ1n) is 5.58. The minimum Gasteiger partial charge on any atom is -0.478 e. The molecule has 0 heterocycles. The van der Waals surface area contributed by atoms with Crippen LogP contribution in [0.5, 0.6) is 0 Å². The first kappa shape index (κ1) is 14.7. The second kappa shape index (κ2) is 5.49. The van der Waals surface area contributed by atoms with E-state index in [-0.39, 0.29) is 11.6 Å². The van der Waals surface area contributed by atoms with Gasteiger partial charge in [0.05, 0.1) is 10.8 Å². The van der Waals surface area contributed by atoms with Crippen molar-refractivity contribution >= 4 is 16.0 Å². The van der Waals surface area contributed by atoms with Gasteiger partial charge < -0.3 is 5.11 Å². The van der Waals surface area contributed by atoms with Crippen molar-refractivity contribution < 1.29 is 18.3 Å². The largest absolute Gasteiger partial charge is 0.478 e. The van der Waals surface area contributed by atoms with E-state index in [1.807, 2.05) is 0 Å². The summed E-state index contributed by atoms with van der Waals surface area (Å²) in [6, 6.07) is 5.74. The highest BCUT2D eigenvalue weighted by Gasteiger charge is 2.19. The van der Waals surface area contributed by atoms with Crippen molar-refractivity contribution in [3.63, 3.8) is 0 Å². The van der Waals surface area contributed by atoms with Crippen LogP contribution >= 0.6 is 0 Å². The second-order valence-electron chi connectivity index (χ2n) is 4.36. The second-order valence-corrected chi connectivity index (χ2v) is 6.63. The van der Waals surface area contributed by atoms with Crippen LogP contribution in [0.25, 0.3) is 0 Å². The van der Waals surface area contributed by atoms with E-state index >= 15 is 0 Å². The number of hydrogen-bond acceptors (Lipinski definition) is 3. The van der Waals surface area contributed by atoms with Gasteiger partial charge in [-0.3, -0.25) is 0 Å². The van der Waals surface area contributed by atoms with Crippen molar-refractivity contribution in [1.82, 2.24) is 4.72 Å². The molecule has 0 aliphatic heterocycles. The van der Waals surface area contributed by atoms with Crippen LogP contribution in [0.3, 0.4) is 0 Å². The summed E-state index contributed by atoms with van der Waals surface area (Å²) in [5, 5.41) is 8.26. The fourth-order valence-electron chi connectivity index (χ4n) is 1.36. The first-order chi connectivity index (χ1) is 8.24. The zero-order valence-corrected chi connectivity index (χ0v) is 11.4. The molecule has 0 radical (unpaired) electrons. The molecule has 0 aliphatic rings. The lowest BCUT2D eigenvalue weighted by molar-refractivity contribution is 0.0697. The van der Waals surface area contributed by atoms with E-state index in [9.17, 15) is 13.2 Å². The van der Waals surface area contributed by atoms with Crippen molar-refractivity contribution in [2.75, 3.05) is 0 Å². The molecule has 0 aromatic heterocycles. The molecule has 0 fully saturated rings. The minimum atomic E-state index is -3.34. The molecular formula is C12H17NO4S. The molecule has 5 nitrogen and oxygen atoms in total. The number of sulfonamides is 1. The van der Waals surface area contributed by atoms with Crippen LogP contribution in [0.1, 0.15) is 42.7 Å². The van der Waals surface area contributed by atoms with E-state index in [0.717, 1.165) is 5.56 Å². The zero-order valence-electron chi connectivity index (χ0n) is 10.5. The van der Waals surface area contributed by atoms with E-state index in [4.69, 9.17) is 5.11 Å². The van der Waals surface area contributed by atoms with Gasteiger partial charge in [0.2, 0.25) is 10.0 Å². The number of benzene rings is 1. The molecule has 100 valence electrons. The molecule has 0 amide bonds. The van der Waals surface area contributed by atoms with Crippen LogP contribution in [-0.4, -0.2) is 24.7 Å². The number of nitrogens with one attached hydrogen (secondary N) is 1. The Balaban J connectivity index is 2.85. The molecule has 1 rings (SSSR count). The molecule has 2 N–H and O–H groups in total. The molecule has 0 unspecified atom stereocenters. The lowest BCUT2D eigenvalue weighted by Crippen LogP contribution is -2.32. The molecule has 0 aliphatic carbocycles. The van der Waals surface area contributed by atoms with Crippen molar-refractivity contribution in [3.8, 4) is 0 Å². The molecule has 0 saturated heterocycles. The maximum absolute atomic E-state index is 11.7. The highest BCUT2D eigenvalue weighted by atomic mass is 32.2. The van der Waals surface area contributed by atoms with E-state index in [1.165, 1.54) is 12.1 Å². The Bertz CT molecular complexity index is 520. The van der Waals surface area contributed by atoms with Gasteiger partial charge in [0.15, 0.2) is 0 Å². The fraction of sp³-hybridized carbons (Fsp3) is 0.417. The average Bonchev–Trinajstić information content (AvgIpc) is 2.28. The number of rotatable bonds is 5. The van der Waals surface area contributed by atoms with Gasteiger partial charge in [-0.05, 0) is 38.5 Å². The summed E-state index contributed by atoms with van der Waals surface area (Å²) >= 11 is 0. The normalized spacial score (nSPS) is 13.6. The van der Waals surface area contributed by atoms with E-state index in [1.54, 1.807) is 32.9 Å². The van der Waals surface area contributed by atoms with Crippen LogP contribution in [0.15, 0.2) is 24.3 Å². The molecule has 18 heavy (non-hydrogen) atoms. The van der Waals surface area contributed by atoms with Crippen molar-refractivity contribution in [2.24, 2.45) is 0 Å². The molecular weight excluding hydrogens is 254 g/mol. The van der Waals surface area contributed by atoms with Crippen molar-refractivity contribution in [3.05, 3.63) is 35.4 Å². The molecule has 6 heteroatoms. The fourth-order valence-corrected chi connectivity index (χ4v) is 2.27. The van der Waals surface area contributed by atoms with Gasteiger partial charge in [-0.15, -0.1) is 0 Å². The monoisotopic (exact) mass is 271 g/mol. The van der Waals surface area contributed by atoms with E-state index < -0.39 is 21.2 Å². The standard InChI is InChI=1S/C12H17NO4S/c1-8(2)18(16,17)13-9(3)10-4-6-11(7-5-10)12(14)15/h4-9,13H,1-3H3,(H,14,15)/t9-/m0/s1. The highest BCUT2D eigenvalue weighted by Crippen LogP contribution is 2.15. The predicted molar refractivity (Wildman–Crippen MR) is 69.0 cm³/mol. The Kier molecular flexibility index (Phi) is 4.48. The summed E-state index contributed by atoms with van der Waals surface area (Å²) in [4.78, 5) is 10.7. The minimum absolute atomic E-state index is 0.178. The Hall–Kier alpha value is -1.40. The Morgan fingerprint density at radius 1 is 1.17 bits per heavy atom. The Morgan fingerprint density at radius 2 is 1.67 bits per heavy atom. The summed E-state index contributed by atoms with van der Waals surface area (Å²) in [5.74, 6) is -1.00. The Labute approximate surface area is 107 Å². The van der Waals surface area contributed by atoms with Gasteiger partial charge >= 0.3 is 5.97 Å². The molecule has 0 spiro atoms. The van der Waals surface area contributed by atoms with Crippen molar-refractivity contribution in [2.45, 2.75) is 32.1 Å². The Morgan fingerprint density at radius 3 is 2.06 bits per heavy atom. The maximum atomic E-state index is 11.7. The van der Waals surface area contributed by atoms with Gasteiger partial charge in [-0.1, -0.05) is 12.1 Å². The molecule has 0 bridgehead atoms. The van der Waals surface area contributed by atoms with Crippen LogP contribution < -0.4 is 4.72 Å². The van der Waals surface area contributed by atoms with Gasteiger partial charge in [-0.25, -0.2) is 17.9 Å². The van der Waals surface area contributed by atoms with Crippen LogP contribution in [0.2, 0.25) is 0 Å². The molecule has 1 atom stereocenters. The lowest BCUT2D eigenvalue weighted by Gasteiger charge is -2.16. The number of carboxylic acids is 1. The lowest BCUT2D eigenvalue weighted by atomic mass is 10.1. The smallest absolute Gasteiger partial charge is 0.335 e. The summed E-state index contributed by atoms with van der Waals surface area (Å²) in [7, 11) is -3.34. The summed E-state index contributed by atoms with van der Waals surface area (Å²) in [6.45, 7) is 4.92. The van der Waals surface area contributed by atoms with E-state index in [0.29, 0.717) is 0 Å². The number of hydrogen-bond donors (Lipinski definition) is 2. The van der Waals surface area contributed by atoms with Crippen LogP contribution in [-0.2, 0) is 10.0 Å². The topological polar surface area (TPSA) is 83.5 Å².